The Hall–Kier alpha value is -2.71. The second-order valence-corrected chi connectivity index (χ2v) is 8.49. The van der Waals surface area contributed by atoms with Gasteiger partial charge in [0.2, 0.25) is 0 Å². The van der Waals surface area contributed by atoms with Crippen LogP contribution in [-0.4, -0.2) is 36.1 Å². The normalized spacial score (nSPS) is 17.2. The van der Waals surface area contributed by atoms with Crippen LogP contribution in [0.2, 0.25) is 5.02 Å². The first kappa shape index (κ1) is 21.5. The molecule has 0 radical (unpaired) electrons. The number of hydrazone groups is 1. The lowest BCUT2D eigenvalue weighted by atomic mass is 10.1. The number of methoxy groups -OCH3 is 2. The van der Waals surface area contributed by atoms with Gasteiger partial charge in [-0.05, 0) is 18.6 Å². The zero-order chi connectivity index (χ0) is 22.0. The third-order valence-electron chi connectivity index (χ3n) is 5.03. The molecule has 7 nitrogen and oxygen atoms in total. The molecule has 2 aliphatic rings. The fraction of sp³-hybridized carbons (Fsp3) is 0.318. The number of fused-ring (bicyclic) bond motifs is 2. The zero-order valence-corrected chi connectivity index (χ0v) is 19.1. The number of hydrogen-bond acceptors (Lipinski definition) is 7. The van der Waals surface area contributed by atoms with Crippen LogP contribution in [0.1, 0.15) is 31.5 Å². The average molecular weight is 459 g/mol. The maximum Gasteiger partial charge on any atom is 0.276 e. The van der Waals surface area contributed by atoms with Gasteiger partial charge in [-0.25, -0.2) is 5.01 Å². The minimum atomic E-state index is -0.620. The molecule has 9 heteroatoms. The number of rotatable bonds is 6. The van der Waals surface area contributed by atoms with E-state index in [1.165, 1.54) is 11.8 Å². The lowest BCUT2D eigenvalue weighted by molar-refractivity contribution is -0.116. The van der Waals surface area contributed by atoms with Crippen LogP contribution in [0.3, 0.4) is 0 Å². The van der Waals surface area contributed by atoms with Crippen molar-refractivity contribution in [2.24, 2.45) is 10.1 Å². The molecule has 0 saturated carbocycles. The fourth-order valence-corrected chi connectivity index (χ4v) is 4.66. The summed E-state index contributed by atoms with van der Waals surface area (Å²) in [6.07, 6.45) is 1.49. The Morgan fingerprint density at radius 3 is 2.68 bits per heavy atom. The highest BCUT2D eigenvalue weighted by Crippen LogP contribution is 2.40. The maximum absolute atomic E-state index is 13.1. The molecule has 0 unspecified atom stereocenters. The number of thioether (sulfide) groups is 1. The van der Waals surface area contributed by atoms with Crippen molar-refractivity contribution in [1.29, 1.82) is 0 Å². The summed E-state index contributed by atoms with van der Waals surface area (Å²) in [6.45, 7) is 2.13. The van der Waals surface area contributed by atoms with Crippen molar-refractivity contribution < 1.29 is 14.3 Å². The lowest BCUT2D eigenvalue weighted by Crippen LogP contribution is -2.50. The first-order valence-electron chi connectivity index (χ1n) is 9.98. The molecule has 31 heavy (non-hydrogen) atoms. The van der Waals surface area contributed by atoms with Gasteiger partial charge in [-0.1, -0.05) is 54.9 Å². The van der Waals surface area contributed by atoms with Gasteiger partial charge >= 0.3 is 0 Å². The Morgan fingerprint density at radius 1 is 1.19 bits per heavy atom. The molecule has 0 spiro atoms. The van der Waals surface area contributed by atoms with E-state index < -0.39 is 6.17 Å². The lowest BCUT2D eigenvalue weighted by Gasteiger charge is -2.34. The summed E-state index contributed by atoms with van der Waals surface area (Å²) in [6, 6.07) is 11.0. The van der Waals surface area contributed by atoms with Crippen LogP contribution in [0.5, 0.6) is 11.5 Å². The van der Waals surface area contributed by atoms with E-state index in [0.29, 0.717) is 38.3 Å². The largest absolute Gasteiger partial charge is 0.493 e. The van der Waals surface area contributed by atoms with Crippen molar-refractivity contribution in [3.05, 3.63) is 57.6 Å². The molecule has 1 amide bonds. The number of carbonyl (C=O) groups excluding carboxylic acids is 1. The second-order valence-electron chi connectivity index (χ2n) is 7.00. The fourth-order valence-electron chi connectivity index (χ4n) is 3.48. The minimum absolute atomic E-state index is 0.210. The zero-order valence-electron chi connectivity index (χ0n) is 17.5. The molecule has 0 aromatic heterocycles. The molecule has 162 valence electrons. The molecule has 0 fully saturated rings. The van der Waals surface area contributed by atoms with Crippen LogP contribution in [-0.2, 0) is 4.79 Å². The van der Waals surface area contributed by atoms with E-state index in [2.05, 4.69) is 12.2 Å². The summed E-state index contributed by atoms with van der Waals surface area (Å²) in [5.74, 6) is 1.71. The maximum atomic E-state index is 13.1. The second kappa shape index (κ2) is 9.20. The number of unbranched alkanes of at least 4 members (excludes halogenated alkanes) is 1. The molecule has 2 aromatic rings. The van der Waals surface area contributed by atoms with Gasteiger partial charge in [0.15, 0.2) is 22.8 Å². The number of ether oxygens (including phenoxy) is 2. The number of nitrogens with one attached hydrogen (secondary N) is 1. The quantitative estimate of drug-likeness (QED) is 0.673. The molecule has 0 bridgehead atoms. The van der Waals surface area contributed by atoms with Crippen molar-refractivity contribution in [1.82, 2.24) is 10.3 Å². The minimum Gasteiger partial charge on any atom is -0.493 e. The molecular formula is C22H23ClN4O3S. The SMILES string of the molecule is CCCCSC1=NN2C(=c3ccccc3=N[C@H]2c2cc(OC)c(OC)cc2Cl)C(=O)N1. The molecule has 2 heterocycles. The standard InChI is InChI=1S/C22H23ClN4O3S/c1-4-5-10-31-22-25-21(28)19-13-8-6-7-9-16(13)24-20(27(19)26-22)14-11-17(29-2)18(30-3)12-15(14)23/h6-9,11-12,20H,4-5,10H2,1-3H3,(H,25,26,28)/t20-/m1/s1. The molecule has 4 rings (SSSR count). The number of amidine groups is 1. The van der Waals surface area contributed by atoms with Crippen molar-refractivity contribution in [3.63, 3.8) is 0 Å². The van der Waals surface area contributed by atoms with Crippen molar-refractivity contribution in [3.8, 4) is 11.5 Å². The average Bonchev–Trinajstić information content (AvgIpc) is 2.78. The first-order valence-corrected chi connectivity index (χ1v) is 11.3. The Morgan fingerprint density at radius 2 is 1.94 bits per heavy atom. The van der Waals surface area contributed by atoms with E-state index in [1.54, 1.807) is 31.4 Å². The summed E-state index contributed by atoms with van der Waals surface area (Å²) < 4.78 is 10.8. The van der Waals surface area contributed by atoms with Crippen LogP contribution in [0.4, 0.5) is 0 Å². The van der Waals surface area contributed by atoms with Gasteiger partial charge in [-0.3, -0.25) is 15.1 Å². The predicted molar refractivity (Wildman–Crippen MR) is 123 cm³/mol. The topological polar surface area (TPSA) is 75.5 Å². The molecule has 1 N–H and O–H groups in total. The summed E-state index contributed by atoms with van der Waals surface area (Å²) in [4.78, 5) is 18.0. The molecular weight excluding hydrogens is 436 g/mol. The summed E-state index contributed by atoms with van der Waals surface area (Å²) >= 11 is 8.14. The predicted octanol–water partition coefficient (Wildman–Crippen LogP) is 3.03. The van der Waals surface area contributed by atoms with E-state index >= 15 is 0 Å². The number of nitrogens with zero attached hydrogens (tertiary/aromatic N) is 3. The third-order valence-corrected chi connectivity index (χ3v) is 6.31. The smallest absolute Gasteiger partial charge is 0.276 e. The highest BCUT2D eigenvalue weighted by Gasteiger charge is 2.35. The molecule has 1 atom stereocenters. The van der Waals surface area contributed by atoms with E-state index in [9.17, 15) is 4.79 Å². The first-order chi connectivity index (χ1) is 15.1. The molecule has 0 aliphatic carbocycles. The number of halogens is 1. The summed E-state index contributed by atoms with van der Waals surface area (Å²) in [5, 5.41) is 11.8. The highest BCUT2D eigenvalue weighted by molar-refractivity contribution is 8.13. The number of benzene rings is 2. The van der Waals surface area contributed by atoms with Gasteiger partial charge < -0.3 is 9.47 Å². The Kier molecular flexibility index (Phi) is 6.38. The van der Waals surface area contributed by atoms with Gasteiger partial charge in [0.1, 0.15) is 5.70 Å². The van der Waals surface area contributed by atoms with Crippen LogP contribution in [0.25, 0.3) is 5.70 Å². The van der Waals surface area contributed by atoms with Crippen LogP contribution in [0, 0.1) is 0 Å². The van der Waals surface area contributed by atoms with E-state index in [-0.39, 0.29) is 5.91 Å². The van der Waals surface area contributed by atoms with Crippen molar-refractivity contribution >= 4 is 40.1 Å². The Bertz CT molecular complexity index is 1170. The number of carbonyl (C=O) groups is 1. The van der Waals surface area contributed by atoms with Crippen LogP contribution >= 0.6 is 23.4 Å². The van der Waals surface area contributed by atoms with E-state index in [4.69, 9.17) is 31.2 Å². The summed E-state index contributed by atoms with van der Waals surface area (Å²) in [5.41, 5.74) is 1.11. The van der Waals surface area contributed by atoms with Crippen molar-refractivity contribution in [2.75, 3.05) is 20.0 Å². The summed E-state index contributed by atoms with van der Waals surface area (Å²) in [7, 11) is 3.12. The monoisotopic (exact) mass is 458 g/mol. The van der Waals surface area contributed by atoms with Gasteiger partial charge in [-0.15, -0.1) is 5.10 Å². The Labute approximate surface area is 189 Å². The van der Waals surface area contributed by atoms with Crippen LogP contribution < -0.4 is 25.4 Å². The Balaban J connectivity index is 1.88. The van der Waals surface area contributed by atoms with Gasteiger partial charge in [0.05, 0.1) is 24.6 Å². The molecule has 0 saturated heterocycles. The van der Waals surface area contributed by atoms with Gasteiger partial charge in [0.25, 0.3) is 5.91 Å². The number of para-hydroxylation sites is 1. The number of amides is 1. The van der Waals surface area contributed by atoms with Crippen LogP contribution in [0.15, 0.2) is 46.5 Å². The molecule has 2 aromatic carbocycles. The molecule has 2 aliphatic heterocycles. The van der Waals surface area contributed by atoms with Crippen molar-refractivity contribution in [2.45, 2.75) is 25.9 Å². The third kappa shape index (κ3) is 4.09. The number of hydrogen-bond donors (Lipinski definition) is 1. The van der Waals surface area contributed by atoms with Gasteiger partial charge in [-0.2, -0.15) is 0 Å². The van der Waals surface area contributed by atoms with Gasteiger partial charge in [0, 0.05) is 22.6 Å². The van der Waals surface area contributed by atoms with E-state index in [0.717, 1.165) is 23.8 Å². The highest BCUT2D eigenvalue weighted by atomic mass is 35.5. The van der Waals surface area contributed by atoms with E-state index in [1.807, 2.05) is 24.3 Å².